The molecular formula is C13H12BrClFNS. The first-order chi connectivity index (χ1) is 8.52. The predicted octanol–water partition coefficient (Wildman–Crippen LogP) is 5.25. The molecule has 0 amide bonds. The van der Waals surface area contributed by atoms with Crippen molar-refractivity contribution in [2.24, 2.45) is 0 Å². The van der Waals surface area contributed by atoms with Crippen LogP contribution in [0.4, 0.5) is 4.39 Å². The fourth-order valence-corrected chi connectivity index (χ4v) is 4.04. The van der Waals surface area contributed by atoms with Crippen LogP contribution in [0.1, 0.15) is 17.8 Å². The molecule has 0 aliphatic heterocycles. The normalized spacial score (nSPS) is 12.7. The number of rotatable bonds is 3. The Bertz CT molecular complexity index is 547. The largest absolute Gasteiger partial charge is 0.313 e. The highest BCUT2D eigenvalue weighted by Gasteiger charge is 2.14. The molecule has 1 heterocycles. The monoisotopic (exact) mass is 347 g/mol. The van der Waals surface area contributed by atoms with E-state index >= 15 is 0 Å². The average molecular weight is 349 g/mol. The quantitative estimate of drug-likeness (QED) is 0.798. The lowest BCUT2D eigenvalue weighted by Crippen LogP contribution is -2.10. The molecule has 1 N–H and O–H groups in total. The molecule has 1 aromatic heterocycles. The SMILES string of the molecule is CNC(C)c1ccc(-c2c(Cl)cc(F)cc2Br)s1. The first-order valence-electron chi connectivity index (χ1n) is 5.45. The summed E-state index contributed by atoms with van der Waals surface area (Å²) in [6, 6.07) is 7.14. The van der Waals surface area contributed by atoms with Crippen LogP contribution in [0.15, 0.2) is 28.7 Å². The van der Waals surface area contributed by atoms with Crippen LogP contribution >= 0.6 is 38.9 Å². The van der Waals surface area contributed by atoms with E-state index in [4.69, 9.17) is 11.6 Å². The Kier molecular flexibility index (Phi) is 4.43. The third-order valence-electron chi connectivity index (χ3n) is 2.74. The molecule has 0 saturated carbocycles. The molecule has 0 spiro atoms. The van der Waals surface area contributed by atoms with Crippen molar-refractivity contribution in [1.82, 2.24) is 5.32 Å². The Morgan fingerprint density at radius 1 is 1.39 bits per heavy atom. The lowest BCUT2D eigenvalue weighted by Gasteiger charge is -2.07. The van der Waals surface area contributed by atoms with Crippen LogP contribution in [-0.4, -0.2) is 7.05 Å². The molecule has 18 heavy (non-hydrogen) atoms. The molecule has 1 nitrogen and oxygen atoms in total. The first-order valence-corrected chi connectivity index (χ1v) is 7.43. The van der Waals surface area contributed by atoms with Gasteiger partial charge in [-0.25, -0.2) is 4.39 Å². The summed E-state index contributed by atoms with van der Waals surface area (Å²) >= 11 is 11.1. The van der Waals surface area contributed by atoms with Gasteiger partial charge >= 0.3 is 0 Å². The van der Waals surface area contributed by atoms with E-state index in [0.717, 1.165) is 10.4 Å². The number of hydrogen-bond acceptors (Lipinski definition) is 2. The average Bonchev–Trinajstić information content (AvgIpc) is 2.76. The van der Waals surface area contributed by atoms with E-state index < -0.39 is 0 Å². The first kappa shape index (κ1) is 14.0. The van der Waals surface area contributed by atoms with Gasteiger partial charge in [-0.1, -0.05) is 11.6 Å². The van der Waals surface area contributed by atoms with Crippen molar-refractivity contribution >= 4 is 38.9 Å². The number of nitrogens with one attached hydrogen (secondary N) is 1. The lowest BCUT2D eigenvalue weighted by atomic mass is 10.2. The second-order valence-electron chi connectivity index (χ2n) is 3.96. The zero-order chi connectivity index (χ0) is 13.3. The molecule has 2 rings (SSSR count). The Morgan fingerprint density at radius 2 is 2.11 bits per heavy atom. The Labute approximate surface area is 123 Å². The zero-order valence-corrected chi connectivity index (χ0v) is 13.1. The van der Waals surface area contributed by atoms with Gasteiger partial charge in [0.2, 0.25) is 0 Å². The molecule has 1 atom stereocenters. The second-order valence-corrected chi connectivity index (χ2v) is 6.33. The van der Waals surface area contributed by atoms with E-state index in [-0.39, 0.29) is 5.82 Å². The second kappa shape index (κ2) is 5.70. The molecule has 0 aliphatic carbocycles. The summed E-state index contributed by atoms with van der Waals surface area (Å²) < 4.78 is 13.9. The molecule has 0 radical (unpaired) electrons. The van der Waals surface area contributed by atoms with Crippen molar-refractivity contribution in [1.29, 1.82) is 0 Å². The van der Waals surface area contributed by atoms with E-state index in [2.05, 4.69) is 34.2 Å². The molecular weight excluding hydrogens is 337 g/mol. The minimum atomic E-state index is -0.337. The van der Waals surface area contributed by atoms with Gasteiger partial charge in [0.05, 0.1) is 5.02 Å². The summed E-state index contributed by atoms with van der Waals surface area (Å²) in [4.78, 5) is 2.25. The van der Waals surface area contributed by atoms with E-state index in [1.807, 2.05) is 13.1 Å². The van der Waals surface area contributed by atoms with Crippen molar-refractivity contribution in [2.75, 3.05) is 7.05 Å². The van der Waals surface area contributed by atoms with E-state index in [1.54, 1.807) is 11.3 Å². The number of thiophene rings is 1. The highest BCUT2D eigenvalue weighted by Crippen LogP contribution is 2.40. The van der Waals surface area contributed by atoms with Gasteiger partial charge in [-0.2, -0.15) is 0 Å². The van der Waals surface area contributed by atoms with Gasteiger partial charge < -0.3 is 5.32 Å². The molecule has 0 fully saturated rings. The summed E-state index contributed by atoms with van der Waals surface area (Å²) in [5, 5.41) is 3.61. The third kappa shape index (κ3) is 2.77. The number of halogens is 3. The van der Waals surface area contributed by atoms with Crippen molar-refractivity contribution in [2.45, 2.75) is 13.0 Å². The zero-order valence-electron chi connectivity index (χ0n) is 9.93. The van der Waals surface area contributed by atoms with Crippen LogP contribution in [0.5, 0.6) is 0 Å². The summed E-state index contributed by atoms with van der Waals surface area (Å²) in [5.74, 6) is -0.337. The van der Waals surface area contributed by atoms with Gasteiger partial charge in [0.25, 0.3) is 0 Å². The highest BCUT2D eigenvalue weighted by molar-refractivity contribution is 9.10. The van der Waals surface area contributed by atoms with Gasteiger partial charge in [0, 0.05) is 25.8 Å². The topological polar surface area (TPSA) is 12.0 Å². The fraction of sp³-hybridized carbons (Fsp3) is 0.231. The van der Waals surface area contributed by atoms with Crippen LogP contribution < -0.4 is 5.32 Å². The maximum Gasteiger partial charge on any atom is 0.125 e. The molecule has 96 valence electrons. The van der Waals surface area contributed by atoms with Crippen molar-refractivity contribution < 1.29 is 4.39 Å². The lowest BCUT2D eigenvalue weighted by molar-refractivity contribution is 0.627. The van der Waals surface area contributed by atoms with E-state index in [0.29, 0.717) is 15.5 Å². The van der Waals surface area contributed by atoms with Crippen LogP contribution in [0.2, 0.25) is 5.02 Å². The maximum atomic E-state index is 13.2. The summed E-state index contributed by atoms with van der Waals surface area (Å²) in [5.41, 5.74) is 0.845. The molecule has 1 aromatic carbocycles. The van der Waals surface area contributed by atoms with Gasteiger partial charge in [0.15, 0.2) is 0 Å². The molecule has 0 bridgehead atoms. The molecule has 0 aliphatic rings. The van der Waals surface area contributed by atoms with Gasteiger partial charge in [-0.3, -0.25) is 0 Å². The minimum Gasteiger partial charge on any atom is -0.313 e. The van der Waals surface area contributed by atoms with Crippen LogP contribution in [-0.2, 0) is 0 Å². The van der Waals surface area contributed by atoms with Crippen LogP contribution in [0.3, 0.4) is 0 Å². The smallest absolute Gasteiger partial charge is 0.125 e. The van der Waals surface area contributed by atoms with Crippen molar-refractivity contribution in [3.05, 3.63) is 44.5 Å². The summed E-state index contributed by atoms with van der Waals surface area (Å²) in [6.07, 6.45) is 0. The predicted molar refractivity (Wildman–Crippen MR) is 79.9 cm³/mol. The third-order valence-corrected chi connectivity index (χ3v) is 4.95. The van der Waals surface area contributed by atoms with Gasteiger partial charge in [0.1, 0.15) is 5.82 Å². The molecule has 0 saturated heterocycles. The van der Waals surface area contributed by atoms with Gasteiger partial charge in [-0.05, 0) is 54.2 Å². The van der Waals surface area contributed by atoms with E-state index in [9.17, 15) is 4.39 Å². The molecule has 5 heteroatoms. The summed E-state index contributed by atoms with van der Waals surface area (Å²) in [7, 11) is 1.92. The standard InChI is InChI=1S/C13H12BrClFNS/c1-7(17-2)11-3-4-12(18-11)13-9(14)5-8(16)6-10(13)15/h3-7,17H,1-2H3. The van der Waals surface area contributed by atoms with E-state index in [1.165, 1.54) is 17.0 Å². The van der Waals surface area contributed by atoms with Crippen LogP contribution in [0.25, 0.3) is 10.4 Å². The minimum absolute atomic E-state index is 0.293. The summed E-state index contributed by atoms with van der Waals surface area (Å²) in [6.45, 7) is 2.09. The molecule has 1 unspecified atom stereocenters. The Hall–Kier alpha value is -0.420. The highest BCUT2D eigenvalue weighted by atomic mass is 79.9. The number of benzene rings is 1. The van der Waals surface area contributed by atoms with Gasteiger partial charge in [-0.15, -0.1) is 11.3 Å². The maximum absolute atomic E-state index is 13.2. The molecule has 2 aromatic rings. The van der Waals surface area contributed by atoms with Crippen molar-refractivity contribution in [3.8, 4) is 10.4 Å². The number of hydrogen-bond donors (Lipinski definition) is 1. The van der Waals surface area contributed by atoms with Crippen LogP contribution in [0, 0.1) is 5.82 Å². The Balaban J connectivity index is 2.46. The van der Waals surface area contributed by atoms with Crippen molar-refractivity contribution in [3.63, 3.8) is 0 Å². The Morgan fingerprint density at radius 3 is 2.72 bits per heavy atom. The fourth-order valence-electron chi connectivity index (χ4n) is 1.64.